The number of piperidine rings is 3. The summed E-state index contributed by atoms with van der Waals surface area (Å²) >= 11 is 0. The van der Waals surface area contributed by atoms with Gasteiger partial charge in [-0.25, -0.2) is 4.98 Å². The SMILES string of the molecule is CCCCc1ncc(CN2C[C@@H](c3cccc(O)c3)[C@@H]3[C@H]2C2CCN3CC2)[nH]1. The van der Waals surface area contributed by atoms with E-state index in [1.807, 2.05) is 18.3 Å². The first-order valence-electron chi connectivity index (χ1n) is 11.0. The molecule has 0 radical (unpaired) electrons. The maximum absolute atomic E-state index is 10.0. The van der Waals surface area contributed by atoms with E-state index in [0.29, 0.717) is 23.8 Å². The van der Waals surface area contributed by atoms with Gasteiger partial charge in [-0.2, -0.15) is 0 Å². The van der Waals surface area contributed by atoms with Gasteiger partial charge in [0.1, 0.15) is 11.6 Å². The molecule has 4 aliphatic heterocycles. The summed E-state index contributed by atoms with van der Waals surface area (Å²) in [5.74, 6) is 2.80. The number of unbranched alkanes of at least 4 members (excludes halogenated alkanes) is 1. The van der Waals surface area contributed by atoms with Gasteiger partial charge in [0, 0.05) is 49.4 Å². The zero-order valence-corrected chi connectivity index (χ0v) is 16.8. The fourth-order valence-corrected chi connectivity index (χ4v) is 5.95. The quantitative estimate of drug-likeness (QED) is 0.805. The number of aromatic nitrogens is 2. The Morgan fingerprint density at radius 2 is 2.07 bits per heavy atom. The van der Waals surface area contributed by atoms with Crippen LogP contribution in [0.25, 0.3) is 0 Å². The molecule has 4 fully saturated rings. The van der Waals surface area contributed by atoms with Crippen LogP contribution in [-0.2, 0) is 13.0 Å². The van der Waals surface area contributed by atoms with Crippen LogP contribution in [0.15, 0.2) is 30.5 Å². The van der Waals surface area contributed by atoms with Crippen LogP contribution in [0.1, 0.15) is 55.6 Å². The average molecular weight is 381 g/mol. The number of fused-ring (bicyclic) bond motifs is 2. The molecule has 1 aromatic heterocycles. The van der Waals surface area contributed by atoms with Gasteiger partial charge in [-0.15, -0.1) is 0 Å². The summed E-state index contributed by atoms with van der Waals surface area (Å²) in [6.07, 6.45) is 8.14. The number of rotatable bonds is 6. The Labute approximate surface area is 167 Å². The van der Waals surface area contributed by atoms with Crippen molar-refractivity contribution in [1.29, 1.82) is 0 Å². The largest absolute Gasteiger partial charge is 0.508 e. The van der Waals surface area contributed by atoms with Crippen molar-refractivity contribution in [3.05, 3.63) is 47.5 Å². The van der Waals surface area contributed by atoms with Crippen molar-refractivity contribution in [1.82, 2.24) is 19.8 Å². The number of aryl methyl sites for hydroxylation is 1. The topological polar surface area (TPSA) is 55.4 Å². The molecule has 5 nitrogen and oxygen atoms in total. The minimum atomic E-state index is 0.387. The third-order valence-corrected chi connectivity index (χ3v) is 7.21. The first-order chi connectivity index (χ1) is 13.7. The number of nitrogens with one attached hydrogen (secondary N) is 1. The monoisotopic (exact) mass is 380 g/mol. The highest BCUT2D eigenvalue weighted by atomic mass is 16.3. The molecule has 3 atom stereocenters. The molecule has 1 aromatic carbocycles. The molecule has 2 bridgehead atoms. The molecule has 5 heterocycles. The number of imidazole rings is 1. The Balaban J connectivity index is 1.40. The molecule has 2 N–H and O–H groups in total. The predicted octanol–water partition coefficient (Wildman–Crippen LogP) is 3.52. The van der Waals surface area contributed by atoms with E-state index in [4.69, 9.17) is 0 Å². The normalized spacial score (nSPS) is 32.0. The third-order valence-electron chi connectivity index (χ3n) is 7.21. The van der Waals surface area contributed by atoms with Gasteiger partial charge in [0.15, 0.2) is 0 Å². The van der Waals surface area contributed by atoms with Crippen LogP contribution >= 0.6 is 0 Å². The molecule has 0 aliphatic carbocycles. The molecule has 6 rings (SSSR count). The number of phenols is 1. The van der Waals surface area contributed by atoms with Crippen LogP contribution in [0.5, 0.6) is 5.75 Å². The van der Waals surface area contributed by atoms with E-state index >= 15 is 0 Å². The molecule has 4 saturated heterocycles. The fraction of sp³-hybridized carbons (Fsp3) is 0.609. The van der Waals surface area contributed by atoms with Crippen LogP contribution in [-0.4, -0.2) is 56.6 Å². The number of nitrogens with zero attached hydrogens (tertiary/aromatic N) is 3. The number of aromatic amines is 1. The van der Waals surface area contributed by atoms with E-state index < -0.39 is 0 Å². The first kappa shape index (κ1) is 18.2. The summed E-state index contributed by atoms with van der Waals surface area (Å²) in [7, 11) is 0. The summed E-state index contributed by atoms with van der Waals surface area (Å²) in [6, 6.07) is 9.16. The van der Waals surface area contributed by atoms with Crippen molar-refractivity contribution in [3.63, 3.8) is 0 Å². The van der Waals surface area contributed by atoms with Crippen LogP contribution in [0.3, 0.4) is 0 Å². The molecule has 0 amide bonds. The Kier molecular flexibility index (Phi) is 4.89. The van der Waals surface area contributed by atoms with Crippen molar-refractivity contribution in [3.8, 4) is 5.75 Å². The van der Waals surface area contributed by atoms with Crippen LogP contribution < -0.4 is 0 Å². The van der Waals surface area contributed by atoms with Crippen molar-refractivity contribution in [2.75, 3.05) is 19.6 Å². The van der Waals surface area contributed by atoms with Gasteiger partial charge in [-0.1, -0.05) is 25.5 Å². The fourth-order valence-electron chi connectivity index (χ4n) is 5.95. The molecule has 0 saturated carbocycles. The van der Waals surface area contributed by atoms with Gasteiger partial charge in [0.25, 0.3) is 0 Å². The van der Waals surface area contributed by atoms with E-state index in [0.717, 1.165) is 31.3 Å². The number of H-pyrrole nitrogens is 1. The van der Waals surface area contributed by atoms with Crippen molar-refractivity contribution in [2.45, 2.75) is 63.6 Å². The van der Waals surface area contributed by atoms with E-state index in [2.05, 4.69) is 32.8 Å². The molecular formula is C23H32N4O. The Morgan fingerprint density at radius 1 is 1.21 bits per heavy atom. The second-order valence-corrected chi connectivity index (χ2v) is 8.94. The number of phenolic OH excluding ortho intramolecular Hbond substituents is 1. The molecule has 150 valence electrons. The molecule has 0 unspecified atom stereocenters. The van der Waals surface area contributed by atoms with E-state index in [9.17, 15) is 5.11 Å². The number of aromatic hydroxyl groups is 1. The smallest absolute Gasteiger partial charge is 0.115 e. The standard InChI is InChI=1S/C23H32N4O/c1-2-3-7-21-24-13-18(25-21)14-27-15-20(17-5-4-6-19(28)12-17)23-22(27)16-8-10-26(23)11-9-16/h4-6,12-13,16,20,22-23,28H,2-3,7-11,14-15H2,1H3,(H,24,25)/t20-,22+,23+/m0/s1. The summed E-state index contributed by atoms with van der Waals surface area (Å²) in [6.45, 7) is 6.72. The molecule has 5 heteroatoms. The minimum Gasteiger partial charge on any atom is -0.508 e. The van der Waals surface area contributed by atoms with Crippen molar-refractivity contribution >= 4 is 0 Å². The van der Waals surface area contributed by atoms with E-state index in [1.54, 1.807) is 6.07 Å². The number of hydrogen-bond donors (Lipinski definition) is 2. The molecule has 0 spiro atoms. The van der Waals surface area contributed by atoms with Gasteiger partial charge in [-0.05, 0) is 56.0 Å². The Hall–Kier alpha value is -1.85. The van der Waals surface area contributed by atoms with Crippen molar-refractivity contribution in [2.24, 2.45) is 5.92 Å². The Morgan fingerprint density at radius 3 is 2.86 bits per heavy atom. The molecule has 4 aliphatic rings. The highest BCUT2D eigenvalue weighted by molar-refractivity contribution is 5.33. The lowest BCUT2D eigenvalue weighted by atomic mass is 9.75. The number of benzene rings is 1. The maximum atomic E-state index is 10.0. The summed E-state index contributed by atoms with van der Waals surface area (Å²) in [5.41, 5.74) is 2.54. The maximum Gasteiger partial charge on any atom is 0.115 e. The molecule has 2 aromatic rings. The number of likely N-dealkylation sites (tertiary alicyclic amines) is 1. The second-order valence-electron chi connectivity index (χ2n) is 8.94. The number of hydrogen-bond acceptors (Lipinski definition) is 4. The molecule has 28 heavy (non-hydrogen) atoms. The first-order valence-corrected chi connectivity index (χ1v) is 11.0. The zero-order valence-electron chi connectivity index (χ0n) is 16.8. The average Bonchev–Trinajstić information content (AvgIpc) is 3.34. The van der Waals surface area contributed by atoms with E-state index in [-0.39, 0.29) is 0 Å². The van der Waals surface area contributed by atoms with Crippen molar-refractivity contribution < 1.29 is 5.11 Å². The Bertz CT molecular complexity index is 810. The highest BCUT2D eigenvalue weighted by Crippen LogP contribution is 2.47. The van der Waals surface area contributed by atoms with Crippen LogP contribution in [0, 0.1) is 5.92 Å². The lowest BCUT2D eigenvalue weighted by Crippen LogP contribution is -2.60. The van der Waals surface area contributed by atoms with Gasteiger partial charge < -0.3 is 10.1 Å². The van der Waals surface area contributed by atoms with Gasteiger partial charge >= 0.3 is 0 Å². The molecular weight excluding hydrogens is 348 g/mol. The van der Waals surface area contributed by atoms with E-state index in [1.165, 1.54) is 50.0 Å². The third kappa shape index (κ3) is 3.25. The highest BCUT2D eigenvalue weighted by Gasteiger charge is 2.53. The van der Waals surface area contributed by atoms with Crippen LogP contribution in [0.2, 0.25) is 0 Å². The van der Waals surface area contributed by atoms with Gasteiger partial charge in [0.2, 0.25) is 0 Å². The van der Waals surface area contributed by atoms with Gasteiger partial charge in [-0.3, -0.25) is 9.80 Å². The minimum absolute atomic E-state index is 0.387. The summed E-state index contributed by atoms with van der Waals surface area (Å²) in [5, 5.41) is 10.0. The predicted molar refractivity (Wildman–Crippen MR) is 110 cm³/mol. The summed E-state index contributed by atoms with van der Waals surface area (Å²) < 4.78 is 0. The summed E-state index contributed by atoms with van der Waals surface area (Å²) in [4.78, 5) is 13.6. The lowest BCUT2D eigenvalue weighted by Gasteiger charge is -2.51. The zero-order chi connectivity index (χ0) is 19.1. The second kappa shape index (κ2) is 7.53. The van der Waals surface area contributed by atoms with Gasteiger partial charge in [0.05, 0.1) is 0 Å². The van der Waals surface area contributed by atoms with Crippen LogP contribution in [0.4, 0.5) is 0 Å². The lowest BCUT2D eigenvalue weighted by molar-refractivity contribution is -0.00896.